The molecule has 1 aliphatic rings. The van der Waals surface area contributed by atoms with E-state index in [9.17, 15) is 9.59 Å². The zero-order chi connectivity index (χ0) is 23.3. The number of hydrogen-bond donors (Lipinski definition) is 1. The van der Waals surface area contributed by atoms with E-state index < -0.39 is 0 Å². The Hall–Kier alpha value is -2.44. The minimum Gasteiger partial charge on any atom is -0.484 e. The number of anilines is 2. The topological polar surface area (TPSA) is 61.9 Å². The second-order valence-electron chi connectivity index (χ2n) is 8.38. The molecule has 6 nitrogen and oxygen atoms in total. The molecule has 1 fully saturated rings. The van der Waals surface area contributed by atoms with Crippen LogP contribution in [0.4, 0.5) is 11.4 Å². The molecule has 0 spiro atoms. The van der Waals surface area contributed by atoms with Gasteiger partial charge in [0, 0.05) is 43.3 Å². The van der Waals surface area contributed by atoms with Crippen LogP contribution in [0.5, 0.6) is 5.75 Å². The van der Waals surface area contributed by atoms with E-state index in [4.69, 9.17) is 27.9 Å². The standard InChI is InChI=1S/C24H29Cl2N3O3/c1-16(2)12-24(31)29-10-8-28(9-11-29)22-7-4-18(14-21(22)26)27-23(30)15-32-19-5-6-20(25)17(3)13-19/h4-7,13-14,16H,8-12,15H2,1-3H3,(H,27,30). The number of piperazine rings is 1. The van der Waals surface area contributed by atoms with Crippen LogP contribution in [-0.4, -0.2) is 49.5 Å². The highest BCUT2D eigenvalue weighted by Crippen LogP contribution is 2.30. The average molecular weight is 478 g/mol. The van der Waals surface area contributed by atoms with Crippen LogP contribution in [0.3, 0.4) is 0 Å². The number of carbonyl (C=O) groups excluding carboxylic acids is 2. The molecule has 1 heterocycles. The van der Waals surface area contributed by atoms with Crippen molar-refractivity contribution in [3.8, 4) is 5.75 Å². The van der Waals surface area contributed by atoms with E-state index in [0.29, 0.717) is 46.9 Å². The molecule has 0 radical (unpaired) electrons. The van der Waals surface area contributed by atoms with Gasteiger partial charge in [-0.1, -0.05) is 37.0 Å². The fourth-order valence-electron chi connectivity index (χ4n) is 3.57. The van der Waals surface area contributed by atoms with Crippen LogP contribution in [0.15, 0.2) is 36.4 Å². The van der Waals surface area contributed by atoms with Crippen molar-refractivity contribution in [1.82, 2.24) is 4.90 Å². The second kappa shape index (κ2) is 10.9. The van der Waals surface area contributed by atoms with Gasteiger partial charge in [0.15, 0.2) is 6.61 Å². The van der Waals surface area contributed by atoms with Crippen molar-refractivity contribution < 1.29 is 14.3 Å². The Bertz CT molecular complexity index is 973. The third-order valence-corrected chi connectivity index (χ3v) is 6.01. The summed E-state index contributed by atoms with van der Waals surface area (Å²) in [6.45, 7) is 8.68. The van der Waals surface area contributed by atoms with Crippen LogP contribution < -0.4 is 15.0 Å². The summed E-state index contributed by atoms with van der Waals surface area (Å²) < 4.78 is 5.53. The average Bonchev–Trinajstić information content (AvgIpc) is 2.74. The van der Waals surface area contributed by atoms with Crippen molar-refractivity contribution in [3.05, 3.63) is 52.0 Å². The molecule has 0 saturated carbocycles. The quantitative estimate of drug-likeness (QED) is 0.608. The van der Waals surface area contributed by atoms with E-state index in [-0.39, 0.29) is 18.4 Å². The number of hydrogen-bond acceptors (Lipinski definition) is 4. The van der Waals surface area contributed by atoms with Crippen molar-refractivity contribution >= 4 is 46.4 Å². The van der Waals surface area contributed by atoms with Gasteiger partial charge in [0.25, 0.3) is 5.91 Å². The lowest BCUT2D eigenvalue weighted by molar-refractivity contribution is -0.132. The molecular formula is C24H29Cl2N3O3. The van der Waals surface area contributed by atoms with Gasteiger partial charge in [-0.25, -0.2) is 0 Å². The molecule has 1 saturated heterocycles. The molecule has 172 valence electrons. The molecule has 1 aliphatic heterocycles. The Morgan fingerprint density at radius 1 is 1.03 bits per heavy atom. The summed E-state index contributed by atoms with van der Waals surface area (Å²) in [6.07, 6.45) is 0.580. The van der Waals surface area contributed by atoms with Crippen LogP contribution in [-0.2, 0) is 9.59 Å². The van der Waals surface area contributed by atoms with Crippen molar-refractivity contribution in [1.29, 1.82) is 0 Å². The number of nitrogens with zero attached hydrogens (tertiary/aromatic N) is 2. The van der Waals surface area contributed by atoms with Gasteiger partial charge < -0.3 is 19.9 Å². The minimum absolute atomic E-state index is 0.118. The van der Waals surface area contributed by atoms with E-state index in [0.717, 1.165) is 24.3 Å². The highest BCUT2D eigenvalue weighted by molar-refractivity contribution is 6.33. The Morgan fingerprint density at radius 2 is 1.75 bits per heavy atom. The first-order chi connectivity index (χ1) is 15.2. The van der Waals surface area contributed by atoms with Gasteiger partial charge in [-0.05, 0) is 54.8 Å². The maximum atomic E-state index is 12.3. The molecular weight excluding hydrogens is 449 g/mol. The Kier molecular flexibility index (Phi) is 8.26. The monoisotopic (exact) mass is 477 g/mol. The minimum atomic E-state index is -0.279. The van der Waals surface area contributed by atoms with Crippen molar-refractivity contribution in [3.63, 3.8) is 0 Å². The predicted molar refractivity (Wildman–Crippen MR) is 130 cm³/mol. The molecule has 0 aliphatic carbocycles. The number of nitrogens with one attached hydrogen (secondary N) is 1. The van der Waals surface area contributed by atoms with Gasteiger partial charge in [0.2, 0.25) is 5.91 Å². The van der Waals surface area contributed by atoms with Crippen LogP contribution in [0, 0.1) is 12.8 Å². The fraction of sp³-hybridized carbons (Fsp3) is 0.417. The van der Waals surface area contributed by atoms with Gasteiger partial charge in [0.1, 0.15) is 5.75 Å². The molecule has 3 rings (SSSR count). The van der Waals surface area contributed by atoms with Gasteiger partial charge in [-0.3, -0.25) is 9.59 Å². The summed E-state index contributed by atoms with van der Waals surface area (Å²) in [5.74, 6) is 0.873. The maximum absolute atomic E-state index is 12.3. The third-order valence-electron chi connectivity index (χ3n) is 5.29. The summed E-state index contributed by atoms with van der Waals surface area (Å²) in [5, 5.41) is 4.01. The molecule has 0 aromatic heterocycles. The molecule has 2 aromatic rings. The molecule has 32 heavy (non-hydrogen) atoms. The number of rotatable bonds is 7. The maximum Gasteiger partial charge on any atom is 0.262 e. The van der Waals surface area contributed by atoms with Gasteiger partial charge in [-0.15, -0.1) is 0 Å². The molecule has 1 N–H and O–H groups in total. The number of amides is 2. The van der Waals surface area contributed by atoms with E-state index in [1.54, 1.807) is 24.3 Å². The van der Waals surface area contributed by atoms with E-state index in [1.807, 2.05) is 24.0 Å². The predicted octanol–water partition coefficient (Wildman–Crippen LogP) is 5.01. The fourth-order valence-corrected chi connectivity index (χ4v) is 3.99. The molecule has 2 amide bonds. The van der Waals surface area contributed by atoms with Crippen molar-refractivity contribution in [2.75, 3.05) is 43.0 Å². The molecule has 0 unspecified atom stereocenters. The SMILES string of the molecule is Cc1cc(OCC(=O)Nc2ccc(N3CCN(C(=O)CC(C)C)CC3)c(Cl)c2)ccc1Cl. The van der Waals surface area contributed by atoms with Crippen molar-refractivity contribution in [2.24, 2.45) is 5.92 Å². The van der Waals surface area contributed by atoms with Crippen LogP contribution in [0.25, 0.3) is 0 Å². The Balaban J connectivity index is 1.52. The first-order valence-corrected chi connectivity index (χ1v) is 11.5. The van der Waals surface area contributed by atoms with Gasteiger partial charge in [0.05, 0.1) is 10.7 Å². The molecule has 2 aromatic carbocycles. The highest BCUT2D eigenvalue weighted by Gasteiger charge is 2.23. The lowest BCUT2D eigenvalue weighted by Crippen LogP contribution is -2.49. The molecule has 0 atom stereocenters. The van der Waals surface area contributed by atoms with E-state index in [1.165, 1.54) is 0 Å². The summed E-state index contributed by atoms with van der Waals surface area (Å²) in [5.41, 5.74) is 2.39. The smallest absolute Gasteiger partial charge is 0.262 e. The van der Waals surface area contributed by atoms with Gasteiger partial charge >= 0.3 is 0 Å². The number of halogens is 2. The lowest BCUT2D eigenvalue weighted by atomic mass is 10.1. The zero-order valence-corrected chi connectivity index (χ0v) is 20.2. The summed E-state index contributed by atoms with van der Waals surface area (Å²) in [7, 11) is 0. The summed E-state index contributed by atoms with van der Waals surface area (Å²) in [4.78, 5) is 28.6. The summed E-state index contributed by atoms with van der Waals surface area (Å²) >= 11 is 12.5. The molecule has 0 bridgehead atoms. The Morgan fingerprint density at radius 3 is 2.38 bits per heavy atom. The number of carbonyl (C=O) groups is 2. The third kappa shape index (κ3) is 6.53. The van der Waals surface area contributed by atoms with E-state index in [2.05, 4.69) is 24.1 Å². The highest BCUT2D eigenvalue weighted by atomic mass is 35.5. The normalized spacial score (nSPS) is 13.9. The van der Waals surface area contributed by atoms with Crippen LogP contribution in [0.1, 0.15) is 25.8 Å². The number of benzene rings is 2. The first kappa shape index (κ1) is 24.2. The Labute approximate surface area is 199 Å². The number of ether oxygens (including phenoxy) is 1. The van der Waals surface area contributed by atoms with Crippen LogP contribution >= 0.6 is 23.2 Å². The van der Waals surface area contributed by atoms with E-state index >= 15 is 0 Å². The van der Waals surface area contributed by atoms with Crippen molar-refractivity contribution in [2.45, 2.75) is 27.2 Å². The lowest BCUT2D eigenvalue weighted by Gasteiger charge is -2.36. The number of aryl methyl sites for hydroxylation is 1. The zero-order valence-electron chi connectivity index (χ0n) is 18.7. The van der Waals surface area contributed by atoms with Crippen LogP contribution in [0.2, 0.25) is 10.0 Å². The molecule has 8 heteroatoms. The largest absolute Gasteiger partial charge is 0.484 e. The second-order valence-corrected chi connectivity index (χ2v) is 9.19. The van der Waals surface area contributed by atoms with Gasteiger partial charge in [-0.2, -0.15) is 0 Å². The summed E-state index contributed by atoms with van der Waals surface area (Å²) in [6, 6.07) is 10.7. The first-order valence-electron chi connectivity index (χ1n) is 10.7.